The normalized spacial score (nSPS) is 34.2. The van der Waals surface area contributed by atoms with Crippen LogP contribution in [0.1, 0.15) is 88.2 Å². The van der Waals surface area contributed by atoms with E-state index in [-0.39, 0.29) is 43.2 Å². The lowest BCUT2D eigenvalue weighted by Crippen LogP contribution is -2.69. The molecule has 0 radical (unpaired) electrons. The minimum absolute atomic E-state index is 0.0590. The highest BCUT2D eigenvalue weighted by Gasteiger charge is 2.56. The van der Waals surface area contributed by atoms with Crippen molar-refractivity contribution in [1.29, 1.82) is 10.8 Å². The number of ether oxygens (including phenoxy) is 5. The van der Waals surface area contributed by atoms with E-state index in [9.17, 15) is 91.3 Å². The summed E-state index contributed by atoms with van der Waals surface area (Å²) < 4.78 is 28.6. The predicted octanol–water partition coefficient (Wildman–Crippen LogP) is -9.49. The fraction of sp³-hybridized carbons (Fsp3) is 0.682. The van der Waals surface area contributed by atoms with Gasteiger partial charge in [0, 0.05) is 38.4 Å². The van der Waals surface area contributed by atoms with Gasteiger partial charge < -0.3 is 153 Å². The van der Waals surface area contributed by atoms with Crippen LogP contribution in [0.15, 0.2) is 54.6 Å². The molecule has 0 bridgehead atoms. The van der Waals surface area contributed by atoms with Crippen molar-refractivity contribution in [2.75, 3.05) is 52.6 Å². The summed E-state index contributed by atoms with van der Waals surface area (Å²) in [5.74, 6) is -10.0. The number of carbonyl (C=O) groups is 7. The summed E-state index contributed by atoms with van der Waals surface area (Å²) in [6.45, 7) is -3.67. The van der Waals surface area contributed by atoms with Crippen LogP contribution in [0.3, 0.4) is 0 Å². The number of unbranched alkanes of at least 4 members (excludes halogenated alkanes) is 7. The van der Waals surface area contributed by atoms with E-state index in [0.717, 1.165) is 37.0 Å². The van der Waals surface area contributed by atoms with Crippen molar-refractivity contribution < 1.29 is 134 Å². The number of aliphatic hydroxyl groups is 14. The van der Waals surface area contributed by atoms with E-state index in [4.69, 9.17) is 34.2 Å². The third-order valence-corrected chi connectivity index (χ3v) is 19.6. The molecule has 0 aromatic heterocycles. The van der Waals surface area contributed by atoms with Crippen LogP contribution in [0, 0.1) is 10.8 Å². The average molecular weight is 1490 g/mol. The number of nitrogens with one attached hydrogen (secondary N) is 10. The van der Waals surface area contributed by atoms with Crippen LogP contribution in [0.25, 0.3) is 0 Å². The van der Waals surface area contributed by atoms with Crippen molar-refractivity contribution in [2.24, 2.45) is 0 Å². The van der Waals surface area contributed by atoms with Gasteiger partial charge in [0.2, 0.25) is 41.7 Å². The molecule has 6 saturated heterocycles. The lowest BCUT2D eigenvalue weighted by atomic mass is 9.88. The average Bonchev–Trinajstić information content (AvgIpc) is 1.62. The standard InChI is InChI=1S/C66H100N12O27/c1-2-33(31-14-10-9-11-15-31)43-59(98)71-34(22-30-17-19-32(20-18-30)101-63-55(95)52(92)56(40(29-82)104-63)105-64-54(94)51(91)49(89)39(28-81)103-64)58(97)75-44(46(86)35-23-70-65(67)73-35)61(100)76-45(60(99)72-36(26-79)57(96)69-24-41(83)74-43)47(87)37-25-77(21-13-8-6-4-3-5-7-12-16-42(84)85)66(68)78(37)62-53(93)50(90)48(88)38(27-80)102-62/h9-11,14-15,17-20,33-40,43-56,62-64,68,79-82,86-95H,2-8,12-13,16,21-29H2,1H3,(H,69,96)(H,71,98)(H,72,99)(H,74,83)(H,75,97)(H,76,100)(H,84,85)(H3,67,70,73). The quantitative estimate of drug-likeness (QED) is 0.0336. The molecule has 25 unspecified atom stereocenters. The fourth-order valence-corrected chi connectivity index (χ4v) is 13.6. The van der Waals surface area contributed by atoms with Gasteiger partial charge in [-0.25, -0.2) is 0 Å². The van der Waals surface area contributed by atoms with Gasteiger partial charge in [-0.05, 0) is 42.5 Å². The zero-order valence-electron chi connectivity index (χ0n) is 57.6. The first-order valence-electron chi connectivity index (χ1n) is 35.0. The van der Waals surface area contributed by atoms with E-state index in [1.807, 2.05) is 0 Å². The minimum atomic E-state index is -2.40. The first-order valence-corrected chi connectivity index (χ1v) is 35.0. The number of guanidine groups is 2. The zero-order valence-corrected chi connectivity index (χ0v) is 57.6. The molecule has 0 aliphatic carbocycles. The third kappa shape index (κ3) is 20.7. The molecule has 0 spiro atoms. The number of hydrogen-bond acceptors (Lipinski definition) is 28. The number of carboxylic acids is 1. The Morgan fingerprint density at radius 2 is 1.13 bits per heavy atom. The van der Waals surface area contributed by atoms with Gasteiger partial charge in [-0.2, -0.15) is 0 Å². The first-order chi connectivity index (χ1) is 50.1. The third-order valence-electron chi connectivity index (χ3n) is 19.6. The Kier molecular flexibility index (Phi) is 30.6. The van der Waals surface area contributed by atoms with Crippen molar-refractivity contribution in [1.82, 2.24) is 52.3 Å². The molecule has 6 amide bonds. The van der Waals surface area contributed by atoms with Crippen molar-refractivity contribution >= 4 is 53.3 Å². The molecule has 25 atom stereocenters. The summed E-state index contributed by atoms with van der Waals surface area (Å²) in [5.41, 5.74) is 0.726. The first kappa shape index (κ1) is 83.0. The minimum Gasteiger partial charge on any atom is -0.481 e. The highest BCUT2D eigenvalue weighted by molar-refractivity contribution is 5.98. The lowest BCUT2D eigenvalue weighted by Gasteiger charge is -2.46. The Morgan fingerprint density at radius 3 is 1.74 bits per heavy atom. The van der Waals surface area contributed by atoms with Gasteiger partial charge in [0.15, 0.2) is 24.4 Å². The van der Waals surface area contributed by atoms with E-state index in [1.165, 1.54) is 29.2 Å². The second-order valence-corrected chi connectivity index (χ2v) is 26.9. The molecule has 39 nitrogen and oxygen atoms in total. The van der Waals surface area contributed by atoms with Crippen LogP contribution in [-0.4, -0.2) is 339 Å². The van der Waals surface area contributed by atoms with Crippen LogP contribution < -0.4 is 47.3 Å². The Morgan fingerprint density at radius 1 is 0.571 bits per heavy atom. The number of aliphatic carboxylic acids is 1. The molecule has 8 rings (SSSR count). The van der Waals surface area contributed by atoms with Crippen molar-refractivity contribution in [2.45, 2.75) is 230 Å². The summed E-state index contributed by atoms with van der Waals surface area (Å²) in [6, 6.07) is 0.692. The highest BCUT2D eigenvalue weighted by Crippen LogP contribution is 2.34. The molecular formula is C66H100N12O27. The number of hydrogen-bond donors (Lipinski definition) is 25. The molecule has 0 saturated carbocycles. The maximum atomic E-state index is 15.4. The lowest BCUT2D eigenvalue weighted by molar-refractivity contribution is -0.352. The zero-order chi connectivity index (χ0) is 76.5. The number of carbonyl (C=O) groups excluding carboxylic acids is 6. The van der Waals surface area contributed by atoms with Gasteiger partial charge in [0.05, 0.1) is 45.1 Å². The van der Waals surface area contributed by atoms with Crippen molar-refractivity contribution in [3.05, 3.63) is 65.7 Å². The second-order valence-electron chi connectivity index (χ2n) is 26.9. The van der Waals surface area contributed by atoms with E-state index in [1.54, 1.807) is 37.3 Å². The van der Waals surface area contributed by atoms with Gasteiger partial charge in [-0.3, -0.25) is 44.4 Å². The molecule has 105 heavy (non-hydrogen) atoms. The fourth-order valence-electron chi connectivity index (χ4n) is 13.6. The van der Waals surface area contributed by atoms with Gasteiger partial charge >= 0.3 is 5.97 Å². The molecule has 6 aliphatic rings. The van der Waals surface area contributed by atoms with Crippen LogP contribution in [0.5, 0.6) is 5.75 Å². The molecule has 2 aromatic rings. The van der Waals surface area contributed by atoms with Gasteiger partial charge in [0.1, 0.15) is 121 Å². The summed E-state index contributed by atoms with van der Waals surface area (Å²) in [7, 11) is 0. The Hall–Kier alpha value is -7.65. The number of benzene rings is 2. The number of carboxylic acid groups (broad SMARTS) is 1. The van der Waals surface area contributed by atoms with Crippen molar-refractivity contribution in [3.63, 3.8) is 0 Å². The van der Waals surface area contributed by atoms with Crippen LogP contribution in [-0.2, 0) is 58.9 Å². The molecular weight excluding hydrogens is 1390 g/mol. The molecule has 6 heterocycles. The largest absolute Gasteiger partial charge is 0.481 e. The topological polar surface area (TPSA) is 620 Å². The van der Waals surface area contributed by atoms with E-state index >= 15 is 19.2 Å². The monoisotopic (exact) mass is 1490 g/mol. The van der Waals surface area contributed by atoms with E-state index in [2.05, 4.69) is 42.5 Å². The molecule has 39 heteroatoms. The van der Waals surface area contributed by atoms with Gasteiger partial charge in [-0.1, -0.05) is 87.9 Å². The number of nitrogens with zero attached hydrogens (tertiary/aromatic N) is 2. The summed E-state index contributed by atoms with van der Waals surface area (Å²) in [4.78, 5) is 102. The Labute approximate surface area is 602 Å². The Balaban J connectivity index is 1.12. The van der Waals surface area contributed by atoms with Crippen LogP contribution in [0.4, 0.5) is 0 Å². The number of aliphatic hydroxyl groups excluding tert-OH is 14. The maximum absolute atomic E-state index is 15.4. The van der Waals surface area contributed by atoms with Crippen molar-refractivity contribution in [3.8, 4) is 5.75 Å². The summed E-state index contributed by atoms with van der Waals surface area (Å²) in [6.07, 6.45) is -26.6. The molecule has 586 valence electrons. The Bertz CT molecular complexity index is 3220. The molecule has 6 fully saturated rings. The maximum Gasteiger partial charge on any atom is 0.303 e. The SMILES string of the molecule is CCC(c1ccccc1)C1NC(=O)CNC(=O)C(CO)NC(=O)C(C(O)C2CN(CCCCCCCCCCC(=O)O)C(=N)N2C2OC(CO)C(O)C(O)C2O)NC(=O)C(C(O)C2CNC(=N)N2)NC(=O)C(Cc2ccc(OC3OC(CO)C(OC4OC(CO)C(O)C(O)C4O)C(O)C3O)cc2)NC1=O. The van der Waals surface area contributed by atoms with Crippen LogP contribution in [0.2, 0.25) is 0 Å². The molecule has 25 N–H and O–H groups in total. The summed E-state index contributed by atoms with van der Waals surface area (Å²) in [5, 5.41) is 200. The second kappa shape index (κ2) is 38.8. The van der Waals surface area contributed by atoms with Crippen LogP contribution >= 0.6 is 0 Å². The highest BCUT2D eigenvalue weighted by atomic mass is 16.7. The van der Waals surface area contributed by atoms with E-state index < -0.39 is 246 Å². The van der Waals surface area contributed by atoms with Gasteiger partial charge in [-0.15, -0.1) is 0 Å². The predicted molar refractivity (Wildman–Crippen MR) is 359 cm³/mol. The summed E-state index contributed by atoms with van der Waals surface area (Å²) >= 11 is 0. The molecule has 2 aromatic carbocycles. The molecule has 6 aliphatic heterocycles. The number of rotatable bonds is 29. The number of amides is 6. The smallest absolute Gasteiger partial charge is 0.303 e. The van der Waals surface area contributed by atoms with Gasteiger partial charge in [0.25, 0.3) is 0 Å². The van der Waals surface area contributed by atoms with E-state index in [0.29, 0.717) is 24.8 Å².